The van der Waals surface area contributed by atoms with Crippen molar-refractivity contribution in [3.8, 4) is 16.9 Å². The molecule has 34 heavy (non-hydrogen) atoms. The van der Waals surface area contributed by atoms with E-state index in [1.54, 1.807) is 18.3 Å². The van der Waals surface area contributed by atoms with Crippen molar-refractivity contribution in [2.45, 2.75) is 65.5 Å². The van der Waals surface area contributed by atoms with Gasteiger partial charge in [-0.25, -0.2) is 0 Å². The van der Waals surface area contributed by atoms with Crippen LogP contribution in [0.4, 0.5) is 5.69 Å². The van der Waals surface area contributed by atoms with Gasteiger partial charge in [-0.3, -0.25) is 9.78 Å². The van der Waals surface area contributed by atoms with Gasteiger partial charge in [-0.2, -0.15) is 0 Å². The van der Waals surface area contributed by atoms with Gasteiger partial charge in [0.1, 0.15) is 5.75 Å². The van der Waals surface area contributed by atoms with Gasteiger partial charge in [0.25, 0.3) is 0 Å². The Bertz CT molecular complexity index is 1200. The van der Waals surface area contributed by atoms with Crippen molar-refractivity contribution >= 4 is 34.0 Å². The van der Waals surface area contributed by atoms with E-state index in [4.69, 9.17) is 11.6 Å². The minimum Gasteiger partial charge on any atom is -0.506 e. The van der Waals surface area contributed by atoms with Gasteiger partial charge in [0, 0.05) is 29.6 Å². The fourth-order valence-electron chi connectivity index (χ4n) is 4.77. The van der Waals surface area contributed by atoms with Gasteiger partial charge >= 0.3 is 0 Å². The minimum atomic E-state index is -0.310. The predicted molar refractivity (Wildman–Crippen MR) is 139 cm³/mol. The number of Topliss-reactive ketones (excluding diaryl/α,β-unsaturated/α-hetero) is 1. The zero-order valence-corrected chi connectivity index (χ0v) is 20.8. The van der Waals surface area contributed by atoms with Gasteiger partial charge in [0.2, 0.25) is 0 Å². The van der Waals surface area contributed by atoms with Crippen molar-refractivity contribution in [2.24, 2.45) is 11.8 Å². The Kier molecular flexibility index (Phi) is 7.44. The average Bonchev–Trinajstić information content (AvgIpc) is 2.81. The normalized spacial score (nSPS) is 18.4. The summed E-state index contributed by atoms with van der Waals surface area (Å²) in [7, 11) is 0. The van der Waals surface area contributed by atoms with Crippen LogP contribution >= 0.6 is 11.6 Å². The van der Waals surface area contributed by atoms with Crippen molar-refractivity contribution < 1.29 is 15.0 Å². The quantitative estimate of drug-likeness (QED) is 0.318. The molecular weight excluding hydrogens is 448 g/mol. The monoisotopic (exact) mass is 480 g/mol. The van der Waals surface area contributed by atoms with Crippen LogP contribution in [-0.2, 0) is 6.61 Å². The maximum absolute atomic E-state index is 13.2. The fraction of sp³-hybridized carbons (Fsp3) is 0.429. The standard InChI is InChI=1S/C28H33ClN2O3/c1-16(2)10-26(33)23-14-30-25-9-6-18(19-11-20(15-32)28(34)24(29)13-19)12-22(25)27(23)31-21-7-4-17(3)5-8-21/h6,9,11-14,16-17,21,32,34H,4-5,7-8,10,15H2,1-3H3,(H,30,31). The molecule has 0 bridgehead atoms. The molecule has 0 saturated heterocycles. The Balaban J connectivity index is 1.83. The molecule has 6 heteroatoms. The number of benzene rings is 2. The summed E-state index contributed by atoms with van der Waals surface area (Å²) >= 11 is 6.22. The number of hydrogen-bond acceptors (Lipinski definition) is 5. The summed E-state index contributed by atoms with van der Waals surface area (Å²) in [5.74, 6) is 0.984. The van der Waals surface area contributed by atoms with E-state index >= 15 is 0 Å². The molecule has 1 aliphatic rings. The predicted octanol–water partition coefficient (Wildman–Crippen LogP) is 6.97. The second kappa shape index (κ2) is 10.3. The Morgan fingerprint density at radius 1 is 1.15 bits per heavy atom. The van der Waals surface area contributed by atoms with Crippen LogP contribution in [0.15, 0.2) is 36.5 Å². The molecule has 0 amide bonds. The number of aromatic nitrogens is 1. The van der Waals surface area contributed by atoms with Crippen LogP contribution in [-0.4, -0.2) is 27.0 Å². The number of halogens is 1. The number of carbonyl (C=O) groups is 1. The lowest BCUT2D eigenvalue weighted by Gasteiger charge is -2.29. The van der Waals surface area contributed by atoms with E-state index in [1.807, 2.05) is 32.0 Å². The first-order chi connectivity index (χ1) is 16.3. The summed E-state index contributed by atoms with van der Waals surface area (Å²) in [5.41, 5.74) is 4.32. The largest absolute Gasteiger partial charge is 0.506 e. The van der Waals surface area contributed by atoms with Crippen LogP contribution in [0.5, 0.6) is 5.75 Å². The maximum atomic E-state index is 13.2. The Morgan fingerprint density at radius 2 is 1.88 bits per heavy atom. The Hall–Kier alpha value is -2.63. The first-order valence-corrected chi connectivity index (χ1v) is 12.5. The van der Waals surface area contributed by atoms with Crippen molar-refractivity contribution in [2.75, 3.05) is 5.32 Å². The molecule has 5 nitrogen and oxygen atoms in total. The lowest BCUT2D eigenvalue weighted by molar-refractivity contribution is 0.0968. The molecule has 1 aliphatic carbocycles. The molecule has 0 radical (unpaired) electrons. The van der Waals surface area contributed by atoms with Crippen molar-refractivity contribution in [1.29, 1.82) is 0 Å². The molecule has 0 aliphatic heterocycles. The molecule has 1 heterocycles. The SMILES string of the molecule is CC(C)CC(=O)c1cnc2ccc(-c3cc(Cl)c(O)c(CO)c3)cc2c1NC1CCC(C)CC1. The maximum Gasteiger partial charge on any atom is 0.166 e. The van der Waals surface area contributed by atoms with E-state index in [2.05, 4.69) is 17.2 Å². The van der Waals surface area contributed by atoms with Crippen molar-refractivity contribution in [3.63, 3.8) is 0 Å². The molecule has 0 atom stereocenters. The van der Waals surface area contributed by atoms with E-state index < -0.39 is 0 Å². The molecule has 0 spiro atoms. The molecule has 2 aromatic carbocycles. The van der Waals surface area contributed by atoms with Crippen LogP contribution in [0.2, 0.25) is 5.02 Å². The molecule has 0 unspecified atom stereocenters. The fourth-order valence-corrected chi connectivity index (χ4v) is 5.01. The lowest BCUT2D eigenvalue weighted by Crippen LogP contribution is -2.26. The number of rotatable bonds is 7. The zero-order valence-electron chi connectivity index (χ0n) is 20.1. The first-order valence-electron chi connectivity index (χ1n) is 12.1. The number of aromatic hydroxyl groups is 1. The van der Waals surface area contributed by atoms with E-state index in [1.165, 1.54) is 12.8 Å². The molecule has 1 saturated carbocycles. The molecule has 3 N–H and O–H groups in total. The summed E-state index contributed by atoms with van der Waals surface area (Å²) in [4.78, 5) is 17.8. The summed E-state index contributed by atoms with van der Waals surface area (Å²) in [6.45, 7) is 6.08. The molecule has 1 fully saturated rings. The Labute approximate surface area is 206 Å². The second-order valence-corrected chi connectivity index (χ2v) is 10.4. The second-order valence-electron chi connectivity index (χ2n) is 10.0. The van der Waals surface area contributed by atoms with Crippen LogP contribution in [0.1, 0.15) is 68.8 Å². The number of aliphatic hydroxyl groups excluding tert-OH is 1. The lowest BCUT2D eigenvalue weighted by atomic mass is 9.87. The van der Waals surface area contributed by atoms with Crippen LogP contribution in [0, 0.1) is 11.8 Å². The highest BCUT2D eigenvalue weighted by Gasteiger charge is 2.23. The molecule has 180 valence electrons. The average molecular weight is 481 g/mol. The third kappa shape index (κ3) is 5.21. The summed E-state index contributed by atoms with van der Waals surface area (Å²) in [6, 6.07) is 9.65. The van der Waals surface area contributed by atoms with E-state index in [0.717, 1.165) is 46.5 Å². The van der Waals surface area contributed by atoms with Crippen LogP contribution < -0.4 is 5.32 Å². The summed E-state index contributed by atoms with van der Waals surface area (Å²) in [6.07, 6.45) is 6.69. The van der Waals surface area contributed by atoms with Gasteiger partial charge in [-0.15, -0.1) is 0 Å². The number of fused-ring (bicyclic) bond motifs is 1. The van der Waals surface area contributed by atoms with Gasteiger partial charge in [-0.05, 0) is 72.9 Å². The van der Waals surface area contributed by atoms with E-state index in [0.29, 0.717) is 23.6 Å². The number of hydrogen-bond donors (Lipinski definition) is 3. The zero-order chi connectivity index (χ0) is 24.4. The Morgan fingerprint density at radius 3 is 2.56 bits per heavy atom. The highest BCUT2D eigenvalue weighted by molar-refractivity contribution is 6.32. The third-order valence-corrected chi connectivity index (χ3v) is 7.06. The molecule has 3 aromatic rings. The number of nitrogens with one attached hydrogen (secondary N) is 1. The van der Waals surface area contributed by atoms with Gasteiger partial charge in [0.05, 0.1) is 28.4 Å². The van der Waals surface area contributed by atoms with Gasteiger partial charge < -0.3 is 15.5 Å². The highest BCUT2D eigenvalue weighted by Crippen LogP contribution is 2.37. The number of nitrogens with zero attached hydrogens (tertiary/aromatic N) is 1. The number of phenols is 1. The first kappa shape index (κ1) is 24.5. The third-order valence-electron chi connectivity index (χ3n) is 6.77. The topological polar surface area (TPSA) is 82.5 Å². The smallest absolute Gasteiger partial charge is 0.166 e. The number of ketones is 1. The van der Waals surface area contributed by atoms with Crippen molar-refractivity contribution in [3.05, 3.63) is 52.7 Å². The van der Waals surface area contributed by atoms with Gasteiger partial charge in [-0.1, -0.05) is 38.4 Å². The highest BCUT2D eigenvalue weighted by atomic mass is 35.5. The summed E-state index contributed by atoms with van der Waals surface area (Å²) in [5, 5.41) is 24.5. The number of carbonyl (C=O) groups excluding carboxylic acids is 1. The van der Waals surface area contributed by atoms with E-state index in [-0.39, 0.29) is 29.1 Å². The van der Waals surface area contributed by atoms with E-state index in [9.17, 15) is 15.0 Å². The number of pyridine rings is 1. The summed E-state index contributed by atoms with van der Waals surface area (Å²) < 4.78 is 0. The van der Waals surface area contributed by atoms with Gasteiger partial charge in [0.15, 0.2) is 5.78 Å². The molecule has 4 rings (SSSR count). The number of anilines is 1. The molecular formula is C28H33ClN2O3. The molecule has 1 aromatic heterocycles. The number of aliphatic hydroxyl groups is 1. The van der Waals surface area contributed by atoms with Crippen LogP contribution in [0.3, 0.4) is 0 Å². The van der Waals surface area contributed by atoms with Crippen LogP contribution in [0.25, 0.3) is 22.0 Å². The minimum absolute atomic E-state index is 0.0942. The van der Waals surface area contributed by atoms with Crippen molar-refractivity contribution in [1.82, 2.24) is 4.98 Å².